The van der Waals surface area contributed by atoms with Crippen LogP contribution in [0.4, 0.5) is 17.2 Å². The second-order valence-corrected chi connectivity index (χ2v) is 6.40. The van der Waals surface area contributed by atoms with E-state index in [-0.39, 0.29) is 11.6 Å². The van der Waals surface area contributed by atoms with Crippen molar-refractivity contribution in [2.75, 3.05) is 17.7 Å². The van der Waals surface area contributed by atoms with Gasteiger partial charge in [0.25, 0.3) is 5.91 Å². The number of hydrogen-bond donors (Lipinski definition) is 2. The Balaban J connectivity index is 1.68. The number of benzene rings is 2. The lowest BCUT2D eigenvalue weighted by Gasteiger charge is -2.13. The summed E-state index contributed by atoms with van der Waals surface area (Å²) in [6.07, 6.45) is 3.85. The number of anilines is 3. The van der Waals surface area contributed by atoms with Crippen molar-refractivity contribution in [3.63, 3.8) is 0 Å². The number of nitrogens with zero attached hydrogens (tertiary/aromatic N) is 2. The maximum absolute atomic E-state index is 12.4. The maximum atomic E-state index is 12.4. The molecular formula is C22H22N4O3. The van der Waals surface area contributed by atoms with Gasteiger partial charge in [-0.2, -0.15) is 0 Å². The molecule has 29 heavy (non-hydrogen) atoms. The summed E-state index contributed by atoms with van der Waals surface area (Å²) in [6, 6.07) is 12.5. The number of aromatic nitrogens is 2. The molecular weight excluding hydrogens is 368 g/mol. The fourth-order valence-corrected chi connectivity index (χ4v) is 2.84. The number of ether oxygens (including phenoxy) is 1. The number of para-hydroxylation sites is 1. The molecule has 0 spiro atoms. The zero-order chi connectivity index (χ0) is 20.8. The van der Waals surface area contributed by atoms with Crippen LogP contribution in [0.2, 0.25) is 0 Å². The van der Waals surface area contributed by atoms with E-state index < -0.39 is 5.97 Å². The van der Waals surface area contributed by atoms with Crippen LogP contribution in [-0.4, -0.2) is 29.0 Å². The normalized spacial score (nSPS) is 10.3. The van der Waals surface area contributed by atoms with Crippen molar-refractivity contribution in [3.8, 4) is 0 Å². The summed E-state index contributed by atoms with van der Waals surface area (Å²) in [6.45, 7) is 4.12. The second-order valence-electron chi connectivity index (χ2n) is 6.40. The van der Waals surface area contributed by atoms with E-state index in [0.29, 0.717) is 17.1 Å². The minimum atomic E-state index is -0.434. The zero-order valence-electron chi connectivity index (χ0n) is 16.5. The quantitative estimate of drug-likeness (QED) is 0.615. The van der Waals surface area contributed by atoms with Gasteiger partial charge in [-0.05, 0) is 48.7 Å². The molecule has 1 amide bonds. The van der Waals surface area contributed by atoms with Gasteiger partial charge in [0.2, 0.25) is 0 Å². The molecule has 2 aromatic carbocycles. The Morgan fingerprint density at radius 3 is 2.41 bits per heavy atom. The minimum Gasteiger partial charge on any atom is -0.465 e. The lowest BCUT2D eigenvalue weighted by Crippen LogP contribution is -2.14. The third-order valence-electron chi connectivity index (χ3n) is 4.44. The average molecular weight is 390 g/mol. The number of hydrogen-bond acceptors (Lipinski definition) is 6. The van der Waals surface area contributed by atoms with Crippen molar-refractivity contribution >= 4 is 29.1 Å². The summed E-state index contributed by atoms with van der Waals surface area (Å²) >= 11 is 0. The second kappa shape index (κ2) is 8.97. The summed E-state index contributed by atoms with van der Waals surface area (Å²) in [5, 5.41) is 6.01. The summed E-state index contributed by atoms with van der Waals surface area (Å²) in [5.41, 5.74) is 4.44. The standard InChI is InChI=1S/C22H22N4O3/c1-4-15-7-5-6-14(2)20(15)26-19-13-23-18(12-24-19)21(27)25-17-10-8-16(9-11-17)22(28)29-3/h5-13H,4H2,1-3H3,(H,24,26)(H,25,27). The molecule has 0 fully saturated rings. The predicted octanol–water partition coefficient (Wildman–Crippen LogP) is 4.13. The van der Waals surface area contributed by atoms with E-state index in [0.717, 1.165) is 17.7 Å². The minimum absolute atomic E-state index is 0.188. The topological polar surface area (TPSA) is 93.2 Å². The molecule has 3 rings (SSSR count). The van der Waals surface area contributed by atoms with Crippen molar-refractivity contribution in [2.45, 2.75) is 20.3 Å². The summed E-state index contributed by atoms with van der Waals surface area (Å²) < 4.78 is 4.65. The van der Waals surface area contributed by atoms with Crippen LogP contribution in [0.15, 0.2) is 54.9 Å². The highest BCUT2D eigenvalue weighted by molar-refractivity contribution is 6.03. The number of methoxy groups -OCH3 is 1. The molecule has 1 aromatic heterocycles. The third-order valence-corrected chi connectivity index (χ3v) is 4.44. The van der Waals surface area contributed by atoms with Gasteiger partial charge < -0.3 is 15.4 Å². The summed E-state index contributed by atoms with van der Waals surface area (Å²) in [5.74, 6) is -0.260. The van der Waals surface area contributed by atoms with Gasteiger partial charge in [-0.15, -0.1) is 0 Å². The molecule has 2 N–H and O–H groups in total. The van der Waals surface area contributed by atoms with Crippen molar-refractivity contribution in [2.24, 2.45) is 0 Å². The van der Waals surface area contributed by atoms with E-state index in [9.17, 15) is 9.59 Å². The fraction of sp³-hybridized carbons (Fsp3) is 0.182. The van der Waals surface area contributed by atoms with Crippen molar-refractivity contribution in [1.82, 2.24) is 9.97 Å². The molecule has 0 aliphatic carbocycles. The molecule has 0 aliphatic rings. The Morgan fingerprint density at radius 2 is 1.79 bits per heavy atom. The molecule has 7 heteroatoms. The fourth-order valence-electron chi connectivity index (χ4n) is 2.84. The van der Waals surface area contributed by atoms with Crippen LogP contribution >= 0.6 is 0 Å². The van der Waals surface area contributed by atoms with Gasteiger partial charge in [0.1, 0.15) is 11.5 Å². The van der Waals surface area contributed by atoms with Crippen LogP contribution in [-0.2, 0) is 11.2 Å². The van der Waals surface area contributed by atoms with E-state index in [2.05, 4.69) is 38.3 Å². The molecule has 0 saturated heterocycles. The van der Waals surface area contributed by atoms with Gasteiger partial charge in [0.15, 0.2) is 0 Å². The lowest BCUT2D eigenvalue weighted by molar-refractivity contribution is 0.0600. The van der Waals surface area contributed by atoms with Gasteiger partial charge in [-0.3, -0.25) is 4.79 Å². The molecule has 0 radical (unpaired) electrons. The van der Waals surface area contributed by atoms with E-state index in [1.165, 1.54) is 25.1 Å². The molecule has 0 atom stereocenters. The van der Waals surface area contributed by atoms with Gasteiger partial charge in [0.05, 0.1) is 25.1 Å². The van der Waals surface area contributed by atoms with Crippen molar-refractivity contribution < 1.29 is 14.3 Å². The molecule has 1 heterocycles. The van der Waals surface area contributed by atoms with Crippen molar-refractivity contribution in [3.05, 3.63) is 77.2 Å². The van der Waals surface area contributed by atoms with Crippen LogP contribution in [0.3, 0.4) is 0 Å². The maximum Gasteiger partial charge on any atom is 0.337 e. The van der Waals surface area contributed by atoms with Crippen LogP contribution in [0.1, 0.15) is 38.9 Å². The smallest absolute Gasteiger partial charge is 0.337 e. The number of rotatable bonds is 6. The predicted molar refractivity (Wildman–Crippen MR) is 112 cm³/mol. The van der Waals surface area contributed by atoms with E-state index in [1.807, 2.05) is 19.1 Å². The number of esters is 1. The lowest BCUT2D eigenvalue weighted by atomic mass is 10.1. The van der Waals surface area contributed by atoms with Gasteiger partial charge in [0, 0.05) is 11.4 Å². The molecule has 7 nitrogen and oxygen atoms in total. The van der Waals surface area contributed by atoms with E-state index in [1.54, 1.807) is 24.3 Å². The van der Waals surface area contributed by atoms with Crippen molar-refractivity contribution in [1.29, 1.82) is 0 Å². The Kier molecular flexibility index (Phi) is 6.19. The zero-order valence-corrected chi connectivity index (χ0v) is 16.5. The monoisotopic (exact) mass is 390 g/mol. The first-order chi connectivity index (χ1) is 14.0. The molecule has 0 unspecified atom stereocenters. The molecule has 0 aliphatic heterocycles. The highest BCUT2D eigenvalue weighted by atomic mass is 16.5. The van der Waals surface area contributed by atoms with E-state index in [4.69, 9.17) is 0 Å². The van der Waals surface area contributed by atoms with Gasteiger partial charge >= 0.3 is 5.97 Å². The highest BCUT2D eigenvalue weighted by Crippen LogP contribution is 2.24. The van der Waals surface area contributed by atoms with E-state index >= 15 is 0 Å². The average Bonchev–Trinajstić information content (AvgIpc) is 2.75. The van der Waals surface area contributed by atoms with Crippen LogP contribution in [0, 0.1) is 6.92 Å². The van der Waals surface area contributed by atoms with Crippen LogP contribution in [0.5, 0.6) is 0 Å². The Labute approximate surface area is 169 Å². The number of aryl methyl sites for hydroxylation is 2. The number of carbonyl (C=O) groups is 2. The third kappa shape index (κ3) is 4.76. The largest absolute Gasteiger partial charge is 0.465 e. The van der Waals surface area contributed by atoms with Gasteiger partial charge in [-0.1, -0.05) is 25.1 Å². The first-order valence-corrected chi connectivity index (χ1v) is 9.19. The molecule has 3 aromatic rings. The first kappa shape index (κ1) is 20.0. The number of nitrogens with one attached hydrogen (secondary N) is 2. The number of carbonyl (C=O) groups excluding carboxylic acids is 2. The molecule has 148 valence electrons. The first-order valence-electron chi connectivity index (χ1n) is 9.19. The summed E-state index contributed by atoms with van der Waals surface area (Å²) in [7, 11) is 1.32. The molecule has 0 saturated carbocycles. The highest BCUT2D eigenvalue weighted by Gasteiger charge is 2.11. The number of amides is 1. The van der Waals surface area contributed by atoms with Crippen LogP contribution in [0.25, 0.3) is 0 Å². The Bertz CT molecular complexity index is 1020. The van der Waals surface area contributed by atoms with Gasteiger partial charge in [-0.25, -0.2) is 14.8 Å². The SMILES string of the molecule is CCc1cccc(C)c1Nc1cnc(C(=O)Nc2ccc(C(=O)OC)cc2)cn1. The molecule has 0 bridgehead atoms. The Morgan fingerprint density at radius 1 is 1.03 bits per heavy atom. The van der Waals surface area contributed by atoms with Crippen LogP contribution < -0.4 is 10.6 Å². The Hall–Kier alpha value is -3.74. The summed E-state index contributed by atoms with van der Waals surface area (Å²) in [4.78, 5) is 32.4.